The highest BCUT2D eigenvalue weighted by Gasteiger charge is 2.23. The number of rotatable bonds is 7. The first-order valence-corrected chi connectivity index (χ1v) is 8.21. The minimum absolute atomic E-state index is 0.00517. The predicted molar refractivity (Wildman–Crippen MR) is 95.4 cm³/mol. The summed E-state index contributed by atoms with van der Waals surface area (Å²) in [7, 11) is 1.63. The van der Waals surface area contributed by atoms with Gasteiger partial charge in [-0.2, -0.15) is 0 Å². The van der Waals surface area contributed by atoms with Crippen molar-refractivity contribution in [2.45, 2.75) is 26.2 Å². The summed E-state index contributed by atoms with van der Waals surface area (Å²) in [4.78, 5) is 12.6. The molecule has 1 unspecified atom stereocenters. The molecule has 2 aromatic rings. The molecule has 1 amide bonds. The average Bonchev–Trinajstić information content (AvgIpc) is 2.57. The minimum atomic E-state index is -0.208. The second-order valence-corrected chi connectivity index (χ2v) is 6.16. The van der Waals surface area contributed by atoms with Crippen LogP contribution in [0.2, 0.25) is 0 Å². The van der Waals surface area contributed by atoms with Crippen LogP contribution in [-0.2, 0) is 11.2 Å². The fraction of sp³-hybridized carbons (Fsp3) is 0.350. The van der Waals surface area contributed by atoms with Crippen LogP contribution >= 0.6 is 0 Å². The van der Waals surface area contributed by atoms with Gasteiger partial charge in [0.25, 0.3) is 0 Å². The molecule has 4 nitrogen and oxygen atoms in total. The van der Waals surface area contributed by atoms with Crippen LogP contribution in [0.4, 0.5) is 0 Å². The number of hydrogen-bond acceptors (Lipinski definition) is 3. The van der Waals surface area contributed by atoms with Crippen molar-refractivity contribution in [2.75, 3.05) is 13.7 Å². The first kappa shape index (κ1) is 17.9. The smallest absolute Gasteiger partial charge is 0.227 e. The van der Waals surface area contributed by atoms with E-state index in [0.29, 0.717) is 13.0 Å². The molecule has 0 radical (unpaired) electrons. The molecule has 0 aliphatic rings. The Morgan fingerprint density at radius 2 is 1.79 bits per heavy atom. The summed E-state index contributed by atoms with van der Waals surface area (Å²) in [5, 5.41) is 12.8. The van der Waals surface area contributed by atoms with Crippen LogP contribution in [0.1, 0.15) is 30.9 Å². The van der Waals surface area contributed by atoms with Gasteiger partial charge in [-0.3, -0.25) is 4.79 Å². The van der Waals surface area contributed by atoms with Gasteiger partial charge in [-0.15, -0.1) is 0 Å². The van der Waals surface area contributed by atoms with Gasteiger partial charge in [0.1, 0.15) is 11.5 Å². The fourth-order valence-corrected chi connectivity index (χ4v) is 2.80. The van der Waals surface area contributed by atoms with Crippen molar-refractivity contribution in [1.29, 1.82) is 0 Å². The monoisotopic (exact) mass is 327 g/mol. The van der Waals surface area contributed by atoms with Gasteiger partial charge in [0.15, 0.2) is 0 Å². The Morgan fingerprint density at radius 3 is 2.38 bits per heavy atom. The molecule has 0 heterocycles. The first-order valence-electron chi connectivity index (χ1n) is 8.21. The van der Waals surface area contributed by atoms with E-state index in [2.05, 4.69) is 5.32 Å². The molecule has 0 saturated heterocycles. The Bertz CT molecular complexity index is 665. The number of phenols is 1. The van der Waals surface area contributed by atoms with Gasteiger partial charge in [0, 0.05) is 6.54 Å². The number of hydrogen-bond donors (Lipinski definition) is 2. The summed E-state index contributed by atoms with van der Waals surface area (Å²) < 4.78 is 5.17. The topological polar surface area (TPSA) is 58.6 Å². The van der Waals surface area contributed by atoms with E-state index in [1.807, 2.05) is 50.2 Å². The largest absolute Gasteiger partial charge is 0.508 e. The molecule has 0 saturated carbocycles. The van der Waals surface area contributed by atoms with E-state index in [-0.39, 0.29) is 23.5 Å². The molecule has 1 atom stereocenters. The molecular weight excluding hydrogens is 302 g/mol. The van der Waals surface area contributed by atoms with Gasteiger partial charge in [0.05, 0.1) is 13.0 Å². The number of phenolic OH excluding ortho intramolecular Hbond substituents is 1. The quantitative estimate of drug-likeness (QED) is 0.818. The Morgan fingerprint density at radius 1 is 1.12 bits per heavy atom. The standard InChI is InChI=1S/C20H25NO3/c1-14(2)19(16-8-10-17(24-3)11-9-16)20(23)21-13-12-15-6-4-5-7-18(15)22/h4-11,14,19,22H,12-13H2,1-3H3,(H,21,23). The molecule has 2 N–H and O–H groups in total. The maximum atomic E-state index is 12.6. The predicted octanol–water partition coefficient (Wildman–Crippen LogP) is 3.50. The first-order chi connectivity index (χ1) is 11.5. The van der Waals surface area contributed by atoms with Crippen LogP contribution in [0.15, 0.2) is 48.5 Å². The summed E-state index contributed by atoms with van der Waals surface area (Å²) in [5.74, 6) is 1.03. The summed E-state index contributed by atoms with van der Waals surface area (Å²) in [6.45, 7) is 4.57. The Kier molecular flexibility index (Phi) is 6.24. The van der Waals surface area contributed by atoms with Crippen molar-refractivity contribution in [3.8, 4) is 11.5 Å². The molecule has 0 fully saturated rings. The summed E-state index contributed by atoms with van der Waals surface area (Å²) in [6, 6.07) is 14.8. The third kappa shape index (κ3) is 4.51. The zero-order valence-electron chi connectivity index (χ0n) is 14.5. The van der Waals surface area contributed by atoms with Crippen molar-refractivity contribution in [2.24, 2.45) is 5.92 Å². The summed E-state index contributed by atoms with van der Waals surface area (Å²) in [5.41, 5.74) is 1.81. The molecule has 24 heavy (non-hydrogen) atoms. The van der Waals surface area contributed by atoms with Crippen LogP contribution in [-0.4, -0.2) is 24.7 Å². The zero-order chi connectivity index (χ0) is 17.5. The molecule has 0 spiro atoms. The number of ether oxygens (including phenoxy) is 1. The van der Waals surface area contributed by atoms with E-state index in [1.54, 1.807) is 19.2 Å². The lowest BCUT2D eigenvalue weighted by Crippen LogP contribution is -2.33. The molecule has 4 heteroatoms. The maximum Gasteiger partial charge on any atom is 0.227 e. The lowest BCUT2D eigenvalue weighted by molar-refractivity contribution is -0.123. The summed E-state index contributed by atoms with van der Waals surface area (Å²) >= 11 is 0. The lowest BCUT2D eigenvalue weighted by atomic mass is 9.87. The number of para-hydroxylation sites is 1. The molecule has 0 bridgehead atoms. The normalized spacial score (nSPS) is 12.0. The number of methoxy groups -OCH3 is 1. The highest BCUT2D eigenvalue weighted by Crippen LogP contribution is 2.26. The third-order valence-corrected chi connectivity index (χ3v) is 4.11. The van der Waals surface area contributed by atoms with Gasteiger partial charge in [0.2, 0.25) is 5.91 Å². The molecule has 128 valence electrons. The number of aromatic hydroxyl groups is 1. The van der Waals surface area contributed by atoms with Crippen LogP contribution < -0.4 is 10.1 Å². The highest BCUT2D eigenvalue weighted by molar-refractivity contribution is 5.84. The van der Waals surface area contributed by atoms with Gasteiger partial charge in [-0.1, -0.05) is 44.2 Å². The second-order valence-electron chi connectivity index (χ2n) is 6.16. The number of nitrogens with one attached hydrogen (secondary N) is 1. The zero-order valence-corrected chi connectivity index (χ0v) is 14.5. The third-order valence-electron chi connectivity index (χ3n) is 4.11. The van der Waals surface area contributed by atoms with Crippen LogP contribution in [0.3, 0.4) is 0 Å². The van der Waals surface area contributed by atoms with Gasteiger partial charge in [-0.05, 0) is 41.7 Å². The van der Waals surface area contributed by atoms with Crippen molar-refractivity contribution in [3.05, 3.63) is 59.7 Å². The number of carbonyl (C=O) groups is 1. The Balaban J connectivity index is 2.00. The van der Waals surface area contributed by atoms with Gasteiger partial charge >= 0.3 is 0 Å². The van der Waals surface area contributed by atoms with Crippen LogP contribution in [0.5, 0.6) is 11.5 Å². The van der Waals surface area contributed by atoms with Crippen molar-refractivity contribution in [1.82, 2.24) is 5.32 Å². The molecular formula is C20H25NO3. The van der Waals surface area contributed by atoms with Crippen molar-refractivity contribution >= 4 is 5.91 Å². The lowest BCUT2D eigenvalue weighted by Gasteiger charge is -2.21. The highest BCUT2D eigenvalue weighted by atomic mass is 16.5. The van der Waals surface area contributed by atoms with E-state index < -0.39 is 0 Å². The fourth-order valence-electron chi connectivity index (χ4n) is 2.80. The van der Waals surface area contributed by atoms with Crippen molar-refractivity contribution < 1.29 is 14.6 Å². The molecule has 2 rings (SSSR count). The van der Waals surface area contributed by atoms with Gasteiger partial charge in [-0.25, -0.2) is 0 Å². The molecule has 0 aliphatic heterocycles. The van der Waals surface area contributed by atoms with E-state index >= 15 is 0 Å². The minimum Gasteiger partial charge on any atom is -0.508 e. The summed E-state index contributed by atoms with van der Waals surface area (Å²) in [6.07, 6.45) is 0.603. The van der Waals surface area contributed by atoms with Crippen LogP contribution in [0, 0.1) is 5.92 Å². The average molecular weight is 327 g/mol. The maximum absolute atomic E-state index is 12.6. The molecule has 2 aromatic carbocycles. The van der Waals surface area contributed by atoms with E-state index in [1.165, 1.54) is 0 Å². The number of carbonyl (C=O) groups excluding carboxylic acids is 1. The Labute approximate surface area is 143 Å². The van der Waals surface area contributed by atoms with E-state index in [4.69, 9.17) is 4.74 Å². The van der Waals surface area contributed by atoms with E-state index in [0.717, 1.165) is 16.9 Å². The van der Waals surface area contributed by atoms with E-state index in [9.17, 15) is 9.90 Å². The number of benzene rings is 2. The SMILES string of the molecule is COc1ccc(C(C(=O)NCCc2ccccc2O)C(C)C)cc1. The van der Waals surface area contributed by atoms with Crippen molar-refractivity contribution in [3.63, 3.8) is 0 Å². The second kappa shape index (κ2) is 8.39. The van der Waals surface area contributed by atoms with Crippen LogP contribution in [0.25, 0.3) is 0 Å². The molecule has 0 aliphatic carbocycles. The number of amides is 1. The molecule has 0 aromatic heterocycles. The van der Waals surface area contributed by atoms with Gasteiger partial charge < -0.3 is 15.2 Å². The Hall–Kier alpha value is -2.49.